The van der Waals surface area contributed by atoms with Crippen LogP contribution in [0.1, 0.15) is 20.3 Å². The number of guanidine groups is 1. The lowest BCUT2D eigenvalue weighted by Gasteiger charge is -2.24. The Kier molecular flexibility index (Phi) is 8.60. The largest absolute Gasteiger partial charge is 0.359 e. The average molecular weight is 354 g/mol. The summed E-state index contributed by atoms with van der Waals surface area (Å²) in [5, 5.41) is 9.06. The number of hydrogen-bond donors (Lipinski definition) is 3. The van der Waals surface area contributed by atoms with Gasteiger partial charge in [-0.15, -0.1) is 11.8 Å². The third kappa shape index (κ3) is 7.21. The molecule has 0 aliphatic rings. The fourth-order valence-corrected chi connectivity index (χ4v) is 2.80. The summed E-state index contributed by atoms with van der Waals surface area (Å²) < 4.78 is 12.8. The summed E-state index contributed by atoms with van der Waals surface area (Å²) in [6.07, 6.45) is 0.946. The Hall–Kier alpha value is -1.76. The van der Waals surface area contributed by atoms with Gasteiger partial charge in [-0.2, -0.15) is 0 Å². The highest BCUT2D eigenvalue weighted by Gasteiger charge is 2.26. The van der Waals surface area contributed by atoms with Crippen molar-refractivity contribution in [3.63, 3.8) is 0 Å². The SMILES string of the molecule is CN=C(NCCCSc1ccc(F)cc1)NCC(C)(C)C(=O)NC. The third-order valence-electron chi connectivity index (χ3n) is 3.46. The molecule has 134 valence electrons. The number of halogens is 1. The lowest BCUT2D eigenvalue weighted by Crippen LogP contribution is -2.47. The second-order valence-corrected chi connectivity index (χ2v) is 7.14. The van der Waals surface area contributed by atoms with Gasteiger partial charge in [0.15, 0.2) is 5.96 Å². The molecule has 0 bridgehead atoms. The van der Waals surface area contributed by atoms with Crippen LogP contribution in [0.3, 0.4) is 0 Å². The summed E-state index contributed by atoms with van der Waals surface area (Å²) in [6.45, 7) is 5.03. The van der Waals surface area contributed by atoms with Gasteiger partial charge in [-0.05, 0) is 50.3 Å². The fraction of sp³-hybridized carbons (Fsp3) is 0.529. The standard InChI is InChI=1S/C17H27FN4OS/c1-17(2,15(23)19-3)12-22-16(20-4)21-10-5-11-24-14-8-6-13(18)7-9-14/h6-9H,5,10-12H2,1-4H3,(H,19,23)(H2,20,21,22). The van der Waals surface area contributed by atoms with E-state index < -0.39 is 5.41 Å². The van der Waals surface area contributed by atoms with Gasteiger partial charge in [-0.25, -0.2) is 4.39 Å². The number of hydrogen-bond acceptors (Lipinski definition) is 3. The average Bonchev–Trinajstić information content (AvgIpc) is 2.58. The van der Waals surface area contributed by atoms with Gasteiger partial charge in [0.1, 0.15) is 5.82 Å². The molecule has 3 N–H and O–H groups in total. The maximum Gasteiger partial charge on any atom is 0.227 e. The number of thioether (sulfide) groups is 1. The number of amides is 1. The van der Waals surface area contributed by atoms with E-state index in [0.717, 1.165) is 23.6 Å². The van der Waals surface area contributed by atoms with Crippen molar-refractivity contribution in [2.75, 3.05) is 32.9 Å². The lowest BCUT2D eigenvalue weighted by molar-refractivity contribution is -0.128. The molecule has 0 radical (unpaired) electrons. The molecule has 24 heavy (non-hydrogen) atoms. The van der Waals surface area contributed by atoms with E-state index in [4.69, 9.17) is 0 Å². The van der Waals surface area contributed by atoms with Crippen molar-refractivity contribution in [1.82, 2.24) is 16.0 Å². The van der Waals surface area contributed by atoms with Crippen LogP contribution in [0.4, 0.5) is 4.39 Å². The molecule has 0 saturated carbocycles. The zero-order chi connectivity index (χ0) is 18.0. The number of carbonyl (C=O) groups excluding carboxylic acids is 1. The number of nitrogens with zero attached hydrogens (tertiary/aromatic N) is 1. The highest BCUT2D eigenvalue weighted by atomic mass is 32.2. The first-order valence-corrected chi connectivity index (χ1v) is 8.92. The van der Waals surface area contributed by atoms with Crippen molar-refractivity contribution in [2.24, 2.45) is 10.4 Å². The molecule has 0 aromatic heterocycles. The van der Waals surface area contributed by atoms with E-state index in [1.165, 1.54) is 12.1 Å². The van der Waals surface area contributed by atoms with Gasteiger partial charge in [-0.3, -0.25) is 9.79 Å². The first-order valence-electron chi connectivity index (χ1n) is 7.94. The maximum absolute atomic E-state index is 12.8. The monoisotopic (exact) mass is 354 g/mol. The number of nitrogens with one attached hydrogen (secondary N) is 3. The summed E-state index contributed by atoms with van der Waals surface area (Å²) in [5.74, 6) is 1.38. The number of benzene rings is 1. The molecule has 5 nitrogen and oxygen atoms in total. The van der Waals surface area contributed by atoms with Crippen LogP contribution in [0.15, 0.2) is 34.2 Å². The molecule has 0 fully saturated rings. The summed E-state index contributed by atoms with van der Waals surface area (Å²) in [7, 11) is 3.34. The van der Waals surface area contributed by atoms with E-state index in [-0.39, 0.29) is 11.7 Å². The van der Waals surface area contributed by atoms with Crippen LogP contribution < -0.4 is 16.0 Å². The Bertz CT molecular complexity index is 546. The Labute approximate surface area is 147 Å². The molecule has 1 rings (SSSR count). The minimum Gasteiger partial charge on any atom is -0.359 e. The zero-order valence-electron chi connectivity index (χ0n) is 14.8. The van der Waals surface area contributed by atoms with Crippen LogP contribution in [0, 0.1) is 11.2 Å². The highest BCUT2D eigenvalue weighted by molar-refractivity contribution is 7.99. The van der Waals surface area contributed by atoms with Gasteiger partial charge in [-0.1, -0.05) is 0 Å². The molecule has 1 aromatic carbocycles. The molecule has 7 heteroatoms. The highest BCUT2D eigenvalue weighted by Crippen LogP contribution is 2.18. The molecule has 0 atom stereocenters. The van der Waals surface area contributed by atoms with E-state index in [9.17, 15) is 9.18 Å². The Morgan fingerprint density at radius 1 is 1.25 bits per heavy atom. The maximum atomic E-state index is 12.8. The van der Waals surface area contributed by atoms with Crippen molar-refractivity contribution in [2.45, 2.75) is 25.2 Å². The second kappa shape index (κ2) is 10.2. The summed E-state index contributed by atoms with van der Waals surface area (Å²) in [6, 6.07) is 6.52. The van der Waals surface area contributed by atoms with Crippen molar-refractivity contribution >= 4 is 23.6 Å². The van der Waals surface area contributed by atoms with Gasteiger partial charge >= 0.3 is 0 Å². The molecule has 0 unspecified atom stereocenters. The molecular formula is C17H27FN4OS. The molecule has 0 saturated heterocycles. The van der Waals surface area contributed by atoms with Crippen molar-refractivity contribution in [3.8, 4) is 0 Å². The first-order chi connectivity index (χ1) is 11.4. The van der Waals surface area contributed by atoms with Crippen molar-refractivity contribution < 1.29 is 9.18 Å². The van der Waals surface area contributed by atoms with Crippen LogP contribution in [0.5, 0.6) is 0 Å². The predicted octanol–water partition coefficient (Wildman–Crippen LogP) is 2.25. The molecular weight excluding hydrogens is 327 g/mol. The van der Waals surface area contributed by atoms with Gasteiger partial charge in [0, 0.05) is 32.1 Å². The molecule has 0 spiro atoms. The Morgan fingerprint density at radius 2 is 1.92 bits per heavy atom. The molecule has 0 heterocycles. The van der Waals surface area contributed by atoms with Crippen LogP contribution in [-0.4, -0.2) is 44.8 Å². The molecule has 0 aliphatic heterocycles. The topological polar surface area (TPSA) is 65.5 Å². The van der Waals surface area contributed by atoms with Crippen LogP contribution in [-0.2, 0) is 4.79 Å². The number of carbonyl (C=O) groups is 1. The molecule has 1 amide bonds. The van der Waals surface area contributed by atoms with Crippen LogP contribution >= 0.6 is 11.8 Å². The minimum atomic E-state index is -0.509. The first kappa shape index (κ1) is 20.3. The fourth-order valence-electron chi connectivity index (χ4n) is 1.94. The summed E-state index contributed by atoms with van der Waals surface area (Å²) in [4.78, 5) is 17.0. The lowest BCUT2D eigenvalue weighted by atomic mass is 9.92. The van der Waals surface area contributed by atoms with Gasteiger partial charge in [0.2, 0.25) is 5.91 Å². The van der Waals surface area contributed by atoms with Crippen LogP contribution in [0.2, 0.25) is 0 Å². The Balaban J connectivity index is 2.24. The summed E-state index contributed by atoms with van der Waals surface area (Å²) >= 11 is 1.69. The van der Waals surface area contributed by atoms with Crippen LogP contribution in [0.25, 0.3) is 0 Å². The smallest absolute Gasteiger partial charge is 0.227 e. The quantitative estimate of drug-likeness (QED) is 0.290. The third-order valence-corrected chi connectivity index (χ3v) is 4.56. The van der Waals surface area contributed by atoms with Gasteiger partial charge < -0.3 is 16.0 Å². The Morgan fingerprint density at radius 3 is 2.50 bits per heavy atom. The van der Waals surface area contributed by atoms with E-state index in [2.05, 4.69) is 20.9 Å². The molecule has 0 aliphatic carbocycles. The number of rotatable bonds is 8. The van der Waals surface area contributed by atoms with Gasteiger partial charge in [0.05, 0.1) is 5.41 Å². The summed E-state index contributed by atoms with van der Waals surface area (Å²) in [5.41, 5.74) is -0.509. The van der Waals surface area contributed by atoms with E-state index in [0.29, 0.717) is 12.5 Å². The minimum absolute atomic E-state index is 0.0128. The van der Waals surface area contributed by atoms with Crippen molar-refractivity contribution in [3.05, 3.63) is 30.1 Å². The molecule has 1 aromatic rings. The normalized spacial score (nSPS) is 12.0. The number of aliphatic imine (C=N–C) groups is 1. The predicted molar refractivity (Wildman–Crippen MR) is 99.0 cm³/mol. The van der Waals surface area contributed by atoms with E-state index >= 15 is 0 Å². The van der Waals surface area contributed by atoms with E-state index in [1.807, 2.05) is 13.8 Å². The van der Waals surface area contributed by atoms with Gasteiger partial charge in [0.25, 0.3) is 0 Å². The zero-order valence-corrected chi connectivity index (χ0v) is 15.6. The van der Waals surface area contributed by atoms with E-state index in [1.54, 1.807) is 38.0 Å². The van der Waals surface area contributed by atoms with Crippen molar-refractivity contribution in [1.29, 1.82) is 0 Å². The second-order valence-electron chi connectivity index (χ2n) is 5.97.